The summed E-state index contributed by atoms with van der Waals surface area (Å²) in [6.07, 6.45) is 0.956. The first-order valence-corrected chi connectivity index (χ1v) is 3.58. The molecule has 0 spiro atoms. The van der Waals surface area contributed by atoms with Gasteiger partial charge in [-0.3, -0.25) is 9.79 Å². The number of nitrogens with two attached hydrogens (primary N) is 3. The minimum absolute atomic E-state index is 0. The molecule has 1 atom stereocenters. The molecule has 0 aliphatic heterocycles. The van der Waals surface area contributed by atoms with Crippen LogP contribution < -0.4 is 17.2 Å². The molecule has 1 unspecified atom stereocenters. The van der Waals surface area contributed by atoms with Crippen LogP contribution in [-0.4, -0.2) is 55.5 Å². The molecule has 0 saturated carbocycles. The van der Waals surface area contributed by atoms with Crippen LogP contribution in [0.15, 0.2) is 4.99 Å². The summed E-state index contributed by atoms with van der Waals surface area (Å²) >= 11 is 0. The molecule has 3 radical (unpaired) electrons. The van der Waals surface area contributed by atoms with Crippen molar-refractivity contribution in [3.8, 4) is 0 Å². The molecule has 13 heavy (non-hydrogen) atoms. The maximum atomic E-state index is 10.2. The summed E-state index contributed by atoms with van der Waals surface area (Å²) in [6.45, 7) is 0.420. The number of rotatable bonds is 5. The van der Waals surface area contributed by atoms with Gasteiger partial charge < -0.3 is 22.3 Å². The zero-order valence-electron chi connectivity index (χ0n) is 7.31. The number of hydrogen-bond donors (Lipinski definition) is 4. The largest absolute Gasteiger partial charge is 0.480 e. The summed E-state index contributed by atoms with van der Waals surface area (Å²) in [5, 5.41) is 8.38. The fourth-order valence-electron chi connectivity index (χ4n) is 0.643. The molecule has 0 aliphatic rings. The summed E-state index contributed by atoms with van der Waals surface area (Å²) in [5.41, 5.74) is 15.3. The summed E-state index contributed by atoms with van der Waals surface area (Å²) < 4.78 is 0. The fraction of sp³-hybridized carbons (Fsp3) is 0.667. The molecule has 0 aromatic rings. The SMILES string of the molecule is NC(N)=NCCCC(N)C(=O)O.[In]. The molecule has 0 aromatic carbocycles. The van der Waals surface area contributed by atoms with Crippen molar-refractivity contribution in [2.75, 3.05) is 6.54 Å². The van der Waals surface area contributed by atoms with Gasteiger partial charge in [-0.2, -0.15) is 0 Å². The number of aliphatic carboxylic acids is 1. The Hall–Kier alpha value is -0.430. The number of nitrogens with zero attached hydrogens (tertiary/aromatic N) is 1. The van der Waals surface area contributed by atoms with Crippen molar-refractivity contribution >= 4 is 37.8 Å². The monoisotopic (exact) mass is 289 g/mol. The molecule has 6 nitrogen and oxygen atoms in total. The molecule has 7 N–H and O–H groups in total. The molecule has 0 saturated heterocycles. The molecule has 7 heteroatoms. The van der Waals surface area contributed by atoms with Crippen molar-refractivity contribution in [1.82, 2.24) is 0 Å². The Labute approximate surface area is 95.3 Å². The predicted octanol–water partition coefficient (Wildman–Crippen LogP) is -1.93. The Bertz CT molecular complexity index is 181. The zero-order chi connectivity index (χ0) is 9.56. The standard InChI is InChI=1S/C6H14N4O2.In/c7-4(5(11)12)2-1-3-10-6(8)9;/h4H,1-3,7H2,(H,11,12)(H4,8,9,10);. The smallest absolute Gasteiger partial charge is 0.320 e. The minimum Gasteiger partial charge on any atom is -0.480 e. The van der Waals surface area contributed by atoms with Gasteiger partial charge in [-0.05, 0) is 12.8 Å². The van der Waals surface area contributed by atoms with Gasteiger partial charge in [0.25, 0.3) is 0 Å². The predicted molar refractivity (Wildman–Crippen MR) is 51.3 cm³/mol. The van der Waals surface area contributed by atoms with E-state index in [-0.39, 0.29) is 31.8 Å². The summed E-state index contributed by atoms with van der Waals surface area (Å²) in [4.78, 5) is 13.9. The van der Waals surface area contributed by atoms with Crippen LogP contribution in [0.3, 0.4) is 0 Å². The van der Waals surface area contributed by atoms with Crippen LogP contribution in [0.25, 0.3) is 0 Å². The van der Waals surface area contributed by atoms with Crippen LogP contribution in [0.4, 0.5) is 0 Å². The first kappa shape index (κ1) is 15.1. The molecular formula is C6H14InN4O2. The van der Waals surface area contributed by atoms with Gasteiger partial charge in [-0.25, -0.2) is 0 Å². The van der Waals surface area contributed by atoms with Crippen LogP contribution in [0.5, 0.6) is 0 Å². The van der Waals surface area contributed by atoms with E-state index in [2.05, 4.69) is 4.99 Å². The van der Waals surface area contributed by atoms with Crippen molar-refractivity contribution in [2.24, 2.45) is 22.2 Å². The maximum absolute atomic E-state index is 10.2. The van der Waals surface area contributed by atoms with Gasteiger partial charge in [0.05, 0.1) is 0 Å². The minimum atomic E-state index is -1.00. The van der Waals surface area contributed by atoms with Crippen LogP contribution in [0.2, 0.25) is 0 Å². The Morgan fingerprint density at radius 1 is 1.46 bits per heavy atom. The molecule has 73 valence electrons. The second-order valence-electron chi connectivity index (χ2n) is 2.39. The normalized spacial score (nSPS) is 11.2. The average Bonchev–Trinajstić information content (AvgIpc) is 1.97. The van der Waals surface area contributed by atoms with Crippen LogP contribution in [-0.2, 0) is 4.79 Å². The van der Waals surface area contributed by atoms with Gasteiger partial charge in [0.2, 0.25) is 0 Å². The first-order valence-electron chi connectivity index (χ1n) is 3.58. The van der Waals surface area contributed by atoms with Gasteiger partial charge in [-0.15, -0.1) is 0 Å². The number of carbonyl (C=O) groups is 1. The molecule has 0 heterocycles. The van der Waals surface area contributed by atoms with Crippen molar-refractivity contribution in [3.63, 3.8) is 0 Å². The van der Waals surface area contributed by atoms with E-state index in [1.54, 1.807) is 0 Å². The molecule has 0 fully saturated rings. The van der Waals surface area contributed by atoms with E-state index in [0.29, 0.717) is 19.4 Å². The second kappa shape index (κ2) is 8.18. The first-order chi connectivity index (χ1) is 5.54. The molecule has 0 amide bonds. The third-order valence-corrected chi connectivity index (χ3v) is 1.28. The Kier molecular flexibility index (Phi) is 9.48. The van der Waals surface area contributed by atoms with Crippen molar-refractivity contribution < 1.29 is 9.90 Å². The summed E-state index contributed by atoms with van der Waals surface area (Å²) in [5.74, 6) is -0.987. The number of aliphatic imine (C=N–C) groups is 1. The van der Waals surface area contributed by atoms with Gasteiger partial charge >= 0.3 is 5.97 Å². The van der Waals surface area contributed by atoms with Crippen molar-refractivity contribution in [3.05, 3.63) is 0 Å². The zero-order valence-corrected chi connectivity index (χ0v) is 10.6. The Morgan fingerprint density at radius 3 is 2.38 bits per heavy atom. The van der Waals surface area contributed by atoms with Gasteiger partial charge in [0.15, 0.2) is 5.96 Å². The number of carboxylic acids is 1. The van der Waals surface area contributed by atoms with Gasteiger partial charge in [0, 0.05) is 32.4 Å². The molecule has 0 bridgehead atoms. The van der Waals surface area contributed by atoms with Crippen molar-refractivity contribution in [2.45, 2.75) is 18.9 Å². The second-order valence-corrected chi connectivity index (χ2v) is 2.39. The maximum Gasteiger partial charge on any atom is 0.320 e. The third-order valence-electron chi connectivity index (χ3n) is 1.28. The van der Waals surface area contributed by atoms with Crippen molar-refractivity contribution in [1.29, 1.82) is 0 Å². The topological polar surface area (TPSA) is 128 Å². The third kappa shape index (κ3) is 9.48. The number of carboxylic acid groups (broad SMARTS) is 1. The van der Waals surface area contributed by atoms with E-state index in [9.17, 15) is 4.79 Å². The van der Waals surface area contributed by atoms with Gasteiger partial charge in [0.1, 0.15) is 6.04 Å². The van der Waals surface area contributed by atoms with Crippen LogP contribution >= 0.6 is 0 Å². The fourth-order valence-corrected chi connectivity index (χ4v) is 0.643. The van der Waals surface area contributed by atoms with E-state index in [1.165, 1.54) is 0 Å². The van der Waals surface area contributed by atoms with Crippen LogP contribution in [0, 0.1) is 0 Å². The van der Waals surface area contributed by atoms with Crippen LogP contribution in [0.1, 0.15) is 12.8 Å². The molecule has 0 aliphatic carbocycles. The van der Waals surface area contributed by atoms with E-state index in [0.717, 1.165) is 0 Å². The number of hydrogen-bond acceptors (Lipinski definition) is 3. The van der Waals surface area contributed by atoms with E-state index >= 15 is 0 Å². The quantitative estimate of drug-likeness (QED) is 0.266. The van der Waals surface area contributed by atoms with E-state index < -0.39 is 12.0 Å². The molecular weight excluding hydrogens is 275 g/mol. The Balaban J connectivity index is 0. The molecule has 0 rings (SSSR count). The average molecular weight is 289 g/mol. The Morgan fingerprint density at radius 2 is 2.00 bits per heavy atom. The summed E-state index contributed by atoms with van der Waals surface area (Å²) in [6, 6.07) is -0.820. The summed E-state index contributed by atoms with van der Waals surface area (Å²) in [7, 11) is 0. The molecule has 0 aromatic heterocycles. The van der Waals surface area contributed by atoms with E-state index in [1.807, 2.05) is 0 Å². The van der Waals surface area contributed by atoms with E-state index in [4.69, 9.17) is 22.3 Å². The van der Waals surface area contributed by atoms with Gasteiger partial charge in [-0.1, -0.05) is 0 Å². The number of guanidine groups is 1.